The monoisotopic (exact) mass is 543 g/mol. The van der Waals surface area contributed by atoms with Crippen molar-refractivity contribution in [3.05, 3.63) is 29.6 Å². The SMILES string of the molecule is CCCCCCCCCCCCCCCc1cc(CCCCCCCCCCCCCCC)c[n+](CCC)c1. The highest BCUT2D eigenvalue weighted by Crippen LogP contribution is 2.16. The molecule has 0 N–H and O–H groups in total. The Bertz CT molecular complexity index is 573. The van der Waals surface area contributed by atoms with E-state index in [1.165, 1.54) is 186 Å². The molecule has 1 aromatic rings. The van der Waals surface area contributed by atoms with Gasteiger partial charge in [0.05, 0.1) is 0 Å². The minimum absolute atomic E-state index is 1.16. The smallest absolute Gasteiger partial charge is 0.171 e. The maximum absolute atomic E-state index is 2.53. The van der Waals surface area contributed by atoms with Crippen LogP contribution in [0.1, 0.15) is 205 Å². The molecule has 0 fully saturated rings. The van der Waals surface area contributed by atoms with Crippen LogP contribution < -0.4 is 4.57 Å². The first-order chi connectivity index (χ1) is 19.3. The number of hydrogen-bond acceptors (Lipinski definition) is 0. The summed E-state index contributed by atoms with van der Waals surface area (Å²) >= 11 is 0. The third-order valence-electron chi connectivity index (χ3n) is 8.65. The van der Waals surface area contributed by atoms with Gasteiger partial charge in [-0.3, -0.25) is 0 Å². The van der Waals surface area contributed by atoms with E-state index in [2.05, 4.69) is 43.8 Å². The number of nitrogens with zero attached hydrogens (tertiary/aromatic N) is 1. The van der Waals surface area contributed by atoms with E-state index < -0.39 is 0 Å². The lowest BCUT2D eigenvalue weighted by Gasteiger charge is -2.07. The van der Waals surface area contributed by atoms with E-state index >= 15 is 0 Å². The van der Waals surface area contributed by atoms with Crippen LogP contribution >= 0.6 is 0 Å². The standard InChI is InChI=1S/C38H72N/c1-4-7-9-11-13-15-17-19-21-23-25-27-29-31-37-34-38(36-39(35-37)33-6-3)32-30-28-26-24-22-20-18-16-14-12-10-8-5-2/h34-36H,4-33H2,1-3H3/q+1. The molecule has 0 radical (unpaired) electrons. The fourth-order valence-corrected chi connectivity index (χ4v) is 6.13. The summed E-state index contributed by atoms with van der Waals surface area (Å²) in [5.74, 6) is 0. The lowest BCUT2D eigenvalue weighted by atomic mass is 10.0. The van der Waals surface area contributed by atoms with Crippen molar-refractivity contribution in [1.82, 2.24) is 0 Å². The summed E-state index contributed by atoms with van der Waals surface area (Å²) in [5.41, 5.74) is 3.16. The first-order valence-electron chi connectivity index (χ1n) is 18.3. The van der Waals surface area contributed by atoms with Crippen LogP contribution in [0.15, 0.2) is 18.5 Å². The molecule has 0 spiro atoms. The van der Waals surface area contributed by atoms with Crippen LogP contribution in [-0.2, 0) is 19.4 Å². The topological polar surface area (TPSA) is 3.88 Å². The molecule has 0 aliphatic rings. The fourth-order valence-electron chi connectivity index (χ4n) is 6.13. The summed E-state index contributed by atoms with van der Waals surface area (Å²) in [4.78, 5) is 0. The minimum Gasteiger partial charge on any atom is -0.205 e. The van der Waals surface area contributed by atoms with Crippen molar-refractivity contribution in [3.8, 4) is 0 Å². The van der Waals surface area contributed by atoms with Crippen LogP contribution in [-0.4, -0.2) is 0 Å². The second kappa shape index (κ2) is 28.7. The maximum Gasteiger partial charge on any atom is 0.171 e. The number of aryl methyl sites for hydroxylation is 3. The average molecular weight is 543 g/mol. The van der Waals surface area contributed by atoms with Crippen LogP contribution in [0, 0.1) is 0 Å². The Labute approximate surface area is 247 Å². The zero-order valence-corrected chi connectivity index (χ0v) is 27.4. The molecule has 0 saturated heterocycles. The second-order valence-corrected chi connectivity index (χ2v) is 12.8. The Morgan fingerprint density at radius 1 is 0.359 bits per heavy atom. The lowest BCUT2D eigenvalue weighted by Crippen LogP contribution is -2.34. The highest BCUT2D eigenvalue weighted by Gasteiger charge is 2.08. The summed E-state index contributed by atoms with van der Waals surface area (Å²) in [5, 5.41) is 0. The van der Waals surface area contributed by atoms with E-state index in [1.807, 2.05) is 0 Å². The Morgan fingerprint density at radius 2 is 0.641 bits per heavy atom. The predicted molar refractivity (Wildman–Crippen MR) is 176 cm³/mol. The van der Waals surface area contributed by atoms with Crippen molar-refractivity contribution in [1.29, 1.82) is 0 Å². The fraction of sp³-hybridized carbons (Fsp3) is 0.868. The van der Waals surface area contributed by atoms with Gasteiger partial charge in [-0.25, -0.2) is 4.57 Å². The lowest BCUT2D eigenvalue weighted by molar-refractivity contribution is -0.697. The normalized spacial score (nSPS) is 11.5. The molecule has 0 amide bonds. The Balaban J connectivity index is 2.09. The average Bonchev–Trinajstić information content (AvgIpc) is 2.94. The maximum atomic E-state index is 2.53. The van der Waals surface area contributed by atoms with Crippen molar-refractivity contribution in [2.75, 3.05) is 0 Å². The summed E-state index contributed by atoms with van der Waals surface area (Å²) in [6, 6.07) is 2.53. The minimum atomic E-state index is 1.16. The molecule has 39 heavy (non-hydrogen) atoms. The van der Waals surface area contributed by atoms with Crippen LogP contribution in [0.2, 0.25) is 0 Å². The van der Waals surface area contributed by atoms with Gasteiger partial charge in [-0.15, -0.1) is 0 Å². The van der Waals surface area contributed by atoms with Crippen LogP contribution in [0.25, 0.3) is 0 Å². The van der Waals surface area contributed by atoms with E-state index in [-0.39, 0.29) is 0 Å². The van der Waals surface area contributed by atoms with Crippen molar-refractivity contribution >= 4 is 0 Å². The number of hydrogen-bond donors (Lipinski definition) is 0. The molecule has 1 heteroatoms. The first-order valence-corrected chi connectivity index (χ1v) is 18.3. The quantitative estimate of drug-likeness (QED) is 0.0672. The zero-order valence-electron chi connectivity index (χ0n) is 27.4. The molecule has 0 atom stereocenters. The molecule has 1 heterocycles. The van der Waals surface area contributed by atoms with Gasteiger partial charge >= 0.3 is 0 Å². The summed E-state index contributed by atoms with van der Waals surface area (Å²) < 4.78 is 2.48. The number of rotatable bonds is 30. The van der Waals surface area contributed by atoms with Crippen LogP contribution in [0.4, 0.5) is 0 Å². The second-order valence-electron chi connectivity index (χ2n) is 12.8. The van der Waals surface area contributed by atoms with E-state index in [0.29, 0.717) is 0 Å². The van der Waals surface area contributed by atoms with Gasteiger partial charge in [0.2, 0.25) is 0 Å². The Kier molecular flexibility index (Phi) is 26.6. The van der Waals surface area contributed by atoms with Gasteiger partial charge in [-0.05, 0) is 31.7 Å². The predicted octanol–water partition coefficient (Wildman–Crippen LogP) is 12.7. The van der Waals surface area contributed by atoms with E-state index in [9.17, 15) is 0 Å². The molecule has 228 valence electrons. The van der Waals surface area contributed by atoms with Gasteiger partial charge in [-0.2, -0.15) is 0 Å². The number of unbranched alkanes of at least 4 members (excludes halogenated alkanes) is 24. The van der Waals surface area contributed by atoms with Crippen molar-refractivity contribution in [3.63, 3.8) is 0 Å². The molecular formula is C38H72N+. The van der Waals surface area contributed by atoms with Gasteiger partial charge in [-0.1, -0.05) is 175 Å². The molecule has 1 rings (SSSR count). The highest BCUT2D eigenvalue weighted by molar-refractivity contribution is 5.15. The number of aromatic nitrogens is 1. The zero-order chi connectivity index (χ0) is 28.1. The molecule has 0 bridgehead atoms. The third kappa shape index (κ3) is 23.5. The van der Waals surface area contributed by atoms with Gasteiger partial charge < -0.3 is 0 Å². The molecular weight excluding hydrogens is 470 g/mol. The van der Waals surface area contributed by atoms with Crippen LogP contribution in [0.5, 0.6) is 0 Å². The van der Waals surface area contributed by atoms with Crippen molar-refractivity contribution in [2.45, 2.75) is 214 Å². The molecule has 0 aliphatic carbocycles. The van der Waals surface area contributed by atoms with Gasteiger partial charge in [0, 0.05) is 17.5 Å². The van der Waals surface area contributed by atoms with E-state index in [4.69, 9.17) is 0 Å². The number of pyridine rings is 1. The van der Waals surface area contributed by atoms with Crippen LogP contribution in [0.3, 0.4) is 0 Å². The first kappa shape index (κ1) is 36.2. The van der Waals surface area contributed by atoms with Crippen molar-refractivity contribution < 1.29 is 4.57 Å². The molecule has 0 aliphatic heterocycles. The Hall–Kier alpha value is -0.850. The van der Waals surface area contributed by atoms with Gasteiger partial charge in [0.25, 0.3) is 0 Å². The molecule has 1 aromatic heterocycles. The van der Waals surface area contributed by atoms with Crippen molar-refractivity contribution in [2.24, 2.45) is 0 Å². The summed E-state index contributed by atoms with van der Waals surface area (Å²) in [6.07, 6.45) is 46.1. The van der Waals surface area contributed by atoms with E-state index in [0.717, 1.165) is 6.54 Å². The summed E-state index contributed by atoms with van der Waals surface area (Å²) in [7, 11) is 0. The largest absolute Gasteiger partial charge is 0.205 e. The molecule has 0 aromatic carbocycles. The van der Waals surface area contributed by atoms with Gasteiger partial charge in [0.1, 0.15) is 6.54 Å². The third-order valence-corrected chi connectivity index (χ3v) is 8.65. The molecule has 0 saturated carbocycles. The van der Waals surface area contributed by atoms with Gasteiger partial charge in [0.15, 0.2) is 12.4 Å². The van der Waals surface area contributed by atoms with E-state index in [1.54, 1.807) is 11.1 Å². The summed E-state index contributed by atoms with van der Waals surface area (Å²) in [6.45, 7) is 8.08. The highest BCUT2D eigenvalue weighted by atomic mass is 14.9. The Morgan fingerprint density at radius 3 is 0.923 bits per heavy atom. The molecule has 1 nitrogen and oxygen atoms in total. The molecule has 0 unspecified atom stereocenters.